The van der Waals surface area contributed by atoms with Gasteiger partial charge >= 0.3 is 0 Å². The number of rotatable bonds is 0. The molecular weight excluding hydrogens is 205 g/mol. The molecule has 0 unspecified atom stereocenters. The molecule has 0 spiro atoms. The van der Waals surface area contributed by atoms with Gasteiger partial charge in [-0.3, -0.25) is 4.79 Å². The molecule has 0 bridgehead atoms. The van der Waals surface area contributed by atoms with Crippen LogP contribution in [0.4, 0.5) is 0 Å². The van der Waals surface area contributed by atoms with Gasteiger partial charge in [-0.2, -0.15) is 0 Å². The van der Waals surface area contributed by atoms with Crippen LogP contribution in [-0.4, -0.2) is 4.98 Å². The lowest BCUT2D eigenvalue weighted by Crippen LogP contribution is -2.01. The zero-order chi connectivity index (χ0) is 6.85. The van der Waals surface area contributed by atoms with E-state index in [1.165, 1.54) is 12.3 Å². The Morgan fingerprint density at radius 2 is 2.33 bits per heavy atom. The van der Waals surface area contributed by atoms with Crippen molar-refractivity contribution < 1.29 is 0 Å². The van der Waals surface area contributed by atoms with Crippen LogP contribution in [0.15, 0.2) is 21.5 Å². The molecule has 4 heteroatoms. The zero-order valence-electron chi connectivity index (χ0n) is 4.32. The van der Waals surface area contributed by atoms with Crippen LogP contribution in [0.25, 0.3) is 0 Å². The van der Waals surface area contributed by atoms with Gasteiger partial charge in [0.05, 0.1) is 5.02 Å². The molecule has 0 saturated heterocycles. The van der Waals surface area contributed by atoms with Crippen LogP contribution < -0.4 is 5.56 Å². The minimum absolute atomic E-state index is 0.161. The van der Waals surface area contributed by atoms with Crippen LogP contribution in [0, 0.1) is 0 Å². The van der Waals surface area contributed by atoms with Crippen molar-refractivity contribution in [2.45, 2.75) is 0 Å². The van der Waals surface area contributed by atoms with Crippen molar-refractivity contribution in [3.05, 3.63) is 32.1 Å². The SMILES string of the molecule is O=c1cc(Br)c(Cl)c[nH]1. The molecule has 1 aromatic heterocycles. The van der Waals surface area contributed by atoms with Gasteiger partial charge < -0.3 is 4.98 Å². The van der Waals surface area contributed by atoms with Crippen LogP contribution in [0.3, 0.4) is 0 Å². The van der Waals surface area contributed by atoms with Gasteiger partial charge in [0.15, 0.2) is 0 Å². The number of nitrogens with one attached hydrogen (secondary N) is 1. The Morgan fingerprint density at radius 3 is 2.78 bits per heavy atom. The highest BCUT2D eigenvalue weighted by atomic mass is 79.9. The lowest BCUT2D eigenvalue weighted by atomic mass is 10.5. The molecule has 2 nitrogen and oxygen atoms in total. The molecule has 0 aliphatic carbocycles. The Labute approximate surface area is 65.0 Å². The second-order valence-electron chi connectivity index (χ2n) is 1.49. The number of pyridine rings is 1. The van der Waals surface area contributed by atoms with Crippen molar-refractivity contribution in [2.75, 3.05) is 0 Å². The van der Waals surface area contributed by atoms with Crippen molar-refractivity contribution in [2.24, 2.45) is 0 Å². The Balaban J connectivity index is 3.34. The molecule has 0 aromatic carbocycles. The lowest BCUT2D eigenvalue weighted by molar-refractivity contribution is 1.23. The van der Waals surface area contributed by atoms with E-state index < -0.39 is 0 Å². The summed E-state index contributed by atoms with van der Waals surface area (Å²) in [4.78, 5) is 12.9. The quantitative estimate of drug-likeness (QED) is 0.693. The largest absolute Gasteiger partial charge is 0.328 e. The minimum atomic E-state index is -0.161. The first-order valence-corrected chi connectivity index (χ1v) is 3.41. The molecule has 1 N–H and O–H groups in total. The van der Waals surface area contributed by atoms with E-state index in [2.05, 4.69) is 20.9 Å². The molecule has 0 aliphatic rings. The van der Waals surface area contributed by atoms with E-state index in [0.29, 0.717) is 9.50 Å². The van der Waals surface area contributed by atoms with Crippen molar-refractivity contribution >= 4 is 27.5 Å². The van der Waals surface area contributed by atoms with Crippen LogP contribution in [-0.2, 0) is 0 Å². The summed E-state index contributed by atoms with van der Waals surface area (Å²) in [5, 5.41) is 0.509. The van der Waals surface area contributed by atoms with Crippen LogP contribution >= 0.6 is 27.5 Å². The first-order chi connectivity index (χ1) is 4.20. The molecule has 0 amide bonds. The number of hydrogen-bond acceptors (Lipinski definition) is 1. The summed E-state index contributed by atoms with van der Waals surface area (Å²) in [5.41, 5.74) is -0.161. The maximum Gasteiger partial charge on any atom is 0.249 e. The maximum atomic E-state index is 10.5. The third-order valence-electron chi connectivity index (χ3n) is 0.827. The van der Waals surface area contributed by atoms with Gasteiger partial charge in [-0.1, -0.05) is 11.6 Å². The molecule has 0 atom stereocenters. The summed E-state index contributed by atoms with van der Waals surface area (Å²) in [7, 11) is 0. The van der Waals surface area contributed by atoms with Crippen molar-refractivity contribution in [3.8, 4) is 0 Å². The molecule has 0 radical (unpaired) electrons. The number of aromatic nitrogens is 1. The Morgan fingerprint density at radius 1 is 1.67 bits per heavy atom. The number of H-pyrrole nitrogens is 1. The monoisotopic (exact) mass is 207 g/mol. The summed E-state index contributed by atoms with van der Waals surface area (Å²) in [6.45, 7) is 0. The Kier molecular flexibility index (Phi) is 1.93. The third kappa shape index (κ3) is 1.56. The fourth-order valence-corrected chi connectivity index (χ4v) is 0.861. The Bertz CT molecular complexity index is 270. The van der Waals surface area contributed by atoms with Crippen LogP contribution in [0.1, 0.15) is 0 Å². The summed E-state index contributed by atoms with van der Waals surface area (Å²) < 4.78 is 0.618. The second-order valence-corrected chi connectivity index (χ2v) is 2.75. The fourth-order valence-electron chi connectivity index (χ4n) is 0.429. The minimum Gasteiger partial charge on any atom is -0.328 e. The van der Waals surface area contributed by atoms with E-state index in [4.69, 9.17) is 11.6 Å². The van der Waals surface area contributed by atoms with Gasteiger partial charge in [-0.25, -0.2) is 0 Å². The zero-order valence-corrected chi connectivity index (χ0v) is 6.66. The highest BCUT2D eigenvalue weighted by molar-refractivity contribution is 9.10. The van der Waals surface area contributed by atoms with Gasteiger partial charge in [0.25, 0.3) is 0 Å². The first-order valence-electron chi connectivity index (χ1n) is 2.24. The molecule has 0 fully saturated rings. The van der Waals surface area contributed by atoms with Gasteiger partial charge in [0.2, 0.25) is 5.56 Å². The van der Waals surface area contributed by atoms with Crippen molar-refractivity contribution in [1.29, 1.82) is 0 Å². The van der Waals surface area contributed by atoms with E-state index in [0.717, 1.165) is 0 Å². The van der Waals surface area contributed by atoms with Gasteiger partial charge in [-0.15, -0.1) is 0 Å². The second kappa shape index (κ2) is 2.54. The summed E-state index contributed by atoms with van der Waals surface area (Å²) in [5.74, 6) is 0. The molecular formula is C5H3BrClNO. The first kappa shape index (κ1) is 6.83. The molecule has 0 aliphatic heterocycles. The summed E-state index contributed by atoms with van der Waals surface area (Å²) >= 11 is 8.66. The van der Waals surface area contributed by atoms with E-state index in [-0.39, 0.29) is 5.56 Å². The Hall–Kier alpha value is -0.280. The smallest absolute Gasteiger partial charge is 0.249 e. The van der Waals surface area contributed by atoms with E-state index >= 15 is 0 Å². The van der Waals surface area contributed by atoms with E-state index in [1.807, 2.05) is 0 Å². The highest BCUT2D eigenvalue weighted by Gasteiger charge is 1.93. The summed E-state index contributed by atoms with van der Waals surface area (Å²) in [6.07, 6.45) is 1.44. The average Bonchev–Trinajstić information content (AvgIpc) is 1.80. The molecule has 1 rings (SSSR count). The van der Waals surface area contributed by atoms with Gasteiger partial charge in [-0.05, 0) is 15.9 Å². The topological polar surface area (TPSA) is 32.9 Å². The van der Waals surface area contributed by atoms with Crippen LogP contribution in [0.5, 0.6) is 0 Å². The molecule has 1 heterocycles. The fraction of sp³-hybridized carbons (Fsp3) is 0. The van der Waals surface area contributed by atoms with Crippen molar-refractivity contribution in [1.82, 2.24) is 4.98 Å². The third-order valence-corrected chi connectivity index (χ3v) is 2.02. The molecule has 9 heavy (non-hydrogen) atoms. The molecule has 48 valence electrons. The average molecular weight is 208 g/mol. The number of aromatic amines is 1. The van der Waals surface area contributed by atoms with E-state index in [9.17, 15) is 4.79 Å². The molecule has 0 saturated carbocycles. The predicted molar refractivity (Wildman–Crippen MR) is 39.8 cm³/mol. The number of halogens is 2. The predicted octanol–water partition coefficient (Wildman–Crippen LogP) is 1.79. The van der Waals surface area contributed by atoms with E-state index in [1.54, 1.807) is 0 Å². The molecule has 1 aromatic rings. The van der Waals surface area contributed by atoms with Crippen molar-refractivity contribution in [3.63, 3.8) is 0 Å². The number of hydrogen-bond donors (Lipinski definition) is 1. The lowest BCUT2D eigenvalue weighted by Gasteiger charge is -1.89. The standard InChI is InChI=1S/C5H3BrClNO/c6-3-1-5(9)8-2-4(3)7/h1-2H,(H,8,9). The van der Waals surface area contributed by atoms with Gasteiger partial charge in [0, 0.05) is 16.7 Å². The van der Waals surface area contributed by atoms with Gasteiger partial charge in [0.1, 0.15) is 0 Å². The van der Waals surface area contributed by atoms with Crippen LogP contribution in [0.2, 0.25) is 5.02 Å². The summed E-state index contributed by atoms with van der Waals surface area (Å²) in [6, 6.07) is 1.38. The maximum absolute atomic E-state index is 10.5. The normalized spacial score (nSPS) is 9.56. The highest BCUT2D eigenvalue weighted by Crippen LogP contribution is 2.17.